The first-order chi connectivity index (χ1) is 4.72. The molecule has 0 aromatic carbocycles. The van der Waals surface area contributed by atoms with Crippen molar-refractivity contribution < 1.29 is 14.6 Å². The molecule has 58 valence electrons. The third kappa shape index (κ3) is 3.63. The van der Waals surface area contributed by atoms with E-state index in [0.717, 1.165) is 0 Å². The lowest BCUT2D eigenvalue weighted by atomic mass is 10.5. The largest absolute Gasteiger partial charge is 0.462 e. The van der Waals surface area contributed by atoms with Gasteiger partial charge in [-0.05, 0) is 28.9 Å². The second-order valence-corrected chi connectivity index (χ2v) is 2.31. The van der Waals surface area contributed by atoms with E-state index in [-0.39, 0.29) is 11.1 Å². The summed E-state index contributed by atoms with van der Waals surface area (Å²) in [5.41, 5.74) is 0. The van der Waals surface area contributed by atoms with Crippen LogP contribution in [0.1, 0.15) is 6.92 Å². The molecule has 0 spiro atoms. The Bertz CT molecular complexity index is 142. The van der Waals surface area contributed by atoms with E-state index in [2.05, 4.69) is 20.7 Å². The Hall–Kier alpha value is -0.350. The summed E-state index contributed by atoms with van der Waals surface area (Å²) in [5, 5.41) is 8.34. The lowest BCUT2D eigenvalue weighted by Crippen LogP contribution is -2.03. The van der Waals surface area contributed by atoms with Gasteiger partial charge in [-0.2, -0.15) is 0 Å². The Balaban J connectivity index is 3.82. The first-order valence-electron chi connectivity index (χ1n) is 2.86. The Morgan fingerprint density at radius 3 is 2.80 bits per heavy atom. The lowest BCUT2D eigenvalue weighted by Gasteiger charge is -1.97. The molecular formula is C6H9BrO3. The molecule has 0 radical (unpaired) electrons. The van der Waals surface area contributed by atoms with Crippen LogP contribution in [0.3, 0.4) is 0 Å². The molecule has 10 heavy (non-hydrogen) atoms. The standard InChI is InChI=1S/C6H9BrO3/c1-2-10-6(9)5(7)3-4-8/h3,8H,2,4H2,1H3. The van der Waals surface area contributed by atoms with E-state index >= 15 is 0 Å². The average molecular weight is 209 g/mol. The van der Waals surface area contributed by atoms with E-state index in [1.54, 1.807) is 6.92 Å². The summed E-state index contributed by atoms with van der Waals surface area (Å²) >= 11 is 2.93. The van der Waals surface area contributed by atoms with Crippen molar-refractivity contribution in [1.82, 2.24) is 0 Å². The molecule has 0 amide bonds. The number of ether oxygens (including phenoxy) is 1. The van der Waals surface area contributed by atoms with Gasteiger partial charge in [0.25, 0.3) is 0 Å². The van der Waals surface area contributed by atoms with Gasteiger partial charge in [0, 0.05) is 0 Å². The summed E-state index contributed by atoms with van der Waals surface area (Å²) in [7, 11) is 0. The predicted molar refractivity (Wildman–Crippen MR) is 40.7 cm³/mol. The fourth-order valence-corrected chi connectivity index (χ4v) is 0.623. The van der Waals surface area contributed by atoms with E-state index in [1.807, 2.05) is 0 Å². The van der Waals surface area contributed by atoms with E-state index in [1.165, 1.54) is 6.08 Å². The van der Waals surface area contributed by atoms with E-state index in [0.29, 0.717) is 6.61 Å². The molecule has 0 saturated heterocycles. The van der Waals surface area contributed by atoms with Crippen molar-refractivity contribution in [2.45, 2.75) is 6.92 Å². The number of hydrogen-bond acceptors (Lipinski definition) is 3. The van der Waals surface area contributed by atoms with E-state index in [4.69, 9.17) is 5.11 Å². The zero-order valence-corrected chi connectivity index (χ0v) is 7.22. The second kappa shape index (κ2) is 5.44. The summed E-state index contributed by atoms with van der Waals surface area (Å²) in [6, 6.07) is 0. The van der Waals surface area contributed by atoms with Crippen LogP contribution in [0.15, 0.2) is 10.6 Å². The number of carbonyl (C=O) groups excluding carboxylic acids is 1. The number of aliphatic hydroxyl groups excluding tert-OH is 1. The van der Waals surface area contributed by atoms with Gasteiger partial charge in [0.05, 0.1) is 13.2 Å². The number of hydrogen-bond donors (Lipinski definition) is 1. The van der Waals surface area contributed by atoms with Crippen LogP contribution in [-0.4, -0.2) is 24.3 Å². The Kier molecular flexibility index (Phi) is 5.25. The third-order valence-corrected chi connectivity index (χ3v) is 1.39. The highest BCUT2D eigenvalue weighted by Crippen LogP contribution is 2.05. The number of halogens is 1. The first-order valence-corrected chi connectivity index (χ1v) is 3.65. The third-order valence-electron chi connectivity index (χ3n) is 0.741. The fraction of sp³-hybridized carbons (Fsp3) is 0.500. The molecule has 0 aromatic heterocycles. The Morgan fingerprint density at radius 2 is 2.40 bits per heavy atom. The summed E-state index contributed by atoms with van der Waals surface area (Å²) in [6.07, 6.45) is 1.33. The highest BCUT2D eigenvalue weighted by Gasteiger charge is 2.03. The molecule has 4 heteroatoms. The van der Waals surface area contributed by atoms with Gasteiger partial charge in [-0.3, -0.25) is 0 Å². The number of esters is 1. The lowest BCUT2D eigenvalue weighted by molar-refractivity contribution is -0.137. The monoisotopic (exact) mass is 208 g/mol. The molecule has 0 aliphatic carbocycles. The summed E-state index contributed by atoms with van der Waals surface area (Å²) in [6.45, 7) is 1.89. The number of aliphatic hydroxyl groups is 1. The maximum atomic E-state index is 10.7. The minimum atomic E-state index is -0.448. The Labute approximate surface area is 67.8 Å². The first kappa shape index (κ1) is 9.65. The molecule has 0 aliphatic heterocycles. The molecule has 1 N–H and O–H groups in total. The van der Waals surface area contributed by atoms with Gasteiger partial charge in [-0.1, -0.05) is 0 Å². The summed E-state index contributed by atoms with van der Waals surface area (Å²) in [4.78, 5) is 10.7. The van der Waals surface area contributed by atoms with Crippen LogP contribution in [0.5, 0.6) is 0 Å². The Morgan fingerprint density at radius 1 is 1.80 bits per heavy atom. The van der Waals surface area contributed by atoms with Gasteiger partial charge < -0.3 is 9.84 Å². The molecule has 0 fully saturated rings. The molecule has 0 atom stereocenters. The van der Waals surface area contributed by atoms with Crippen LogP contribution in [-0.2, 0) is 9.53 Å². The molecule has 0 aromatic rings. The normalized spacial score (nSPS) is 11.3. The van der Waals surface area contributed by atoms with Crippen LogP contribution < -0.4 is 0 Å². The van der Waals surface area contributed by atoms with Crippen molar-refractivity contribution in [2.75, 3.05) is 13.2 Å². The van der Waals surface area contributed by atoms with Gasteiger partial charge in [0.1, 0.15) is 4.48 Å². The van der Waals surface area contributed by atoms with Gasteiger partial charge in [0.15, 0.2) is 0 Å². The quantitative estimate of drug-likeness (QED) is 0.552. The van der Waals surface area contributed by atoms with Crippen molar-refractivity contribution >= 4 is 21.9 Å². The van der Waals surface area contributed by atoms with Crippen molar-refractivity contribution in [2.24, 2.45) is 0 Å². The van der Waals surface area contributed by atoms with Crippen LogP contribution in [0.2, 0.25) is 0 Å². The molecule has 0 aliphatic rings. The number of rotatable bonds is 3. The van der Waals surface area contributed by atoms with Gasteiger partial charge in [-0.25, -0.2) is 4.79 Å². The molecule has 0 saturated carbocycles. The number of carbonyl (C=O) groups is 1. The van der Waals surface area contributed by atoms with Gasteiger partial charge >= 0.3 is 5.97 Å². The maximum Gasteiger partial charge on any atom is 0.344 e. The molecule has 0 heterocycles. The molecular weight excluding hydrogens is 200 g/mol. The minimum absolute atomic E-state index is 0.167. The van der Waals surface area contributed by atoms with Crippen LogP contribution >= 0.6 is 15.9 Å². The zero-order valence-electron chi connectivity index (χ0n) is 5.63. The van der Waals surface area contributed by atoms with Crippen molar-refractivity contribution in [1.29, 1.82) is 0 Å². The summed E-state index contributed by atoms with van der Waals surface area (Å²) < 4.78 is 4.85. The van der Waals surface area contributed by atoms with Crippen molar-refractivity contribution in [3.8, 4) is 0 Å². The van der Waals surface area contributed by atoms with Crippen LogP contribution in [0, 0.1) is 0 Å². The zero-order chi connectivity index (χ0) is 7.98. The fourth-order valence-electron chi connectivity index (χ4n) is 0.364. The highest BCUT2D eigenvalue weighted by atomic mass is 79.9. The van der Waals surface area contributed by atoms with Crippen LogP contribution in [0.4, 0.5) is 0 Å². The van der Waals surface area contributed by atoms with E-state index in [9.17, 15) is 4.79 Å². The average Bonchev–Trinajstić information content (AvgIpc) is 1.89. The smallest absolute Gasteiger partial charge is 0.344 e. The van der Waals surface area contributed by atoms with Crippen molar-refractivity contribution in [3.63, 3.8) is 0 Å². The predicted octanol–water partition coefficient (Wildman–Crippen LogP) is 0.821. The topological polar surface area (TPSA) is 46.5 Å². The summed E-state index contributed by atoms with van der Waals surface area (Å²) in [5.74, 6) is -0.448. The minimum Gasteiger partial charge on any atom is -0.462 e. The van der Waals surface area contributed by atoms with Crippen molar-refractivity contribution in [3.05, 3.63) is 10.6 Å². The highest BCUT2D eigenvalue weighted by molar-refractivity contribution is 9.12. The maximum absolute atomic E-state index is 10.7. The molecule has 3 nitrogen and oxygen atoms in total. The molecule has 0 rings (SSSR count). The van der Waals surface area contributed by atoms with Crippen LogP contribution in [0.25, 0.3) is 0 Å². The molecule has 0 unspecified atom stereocenters. The van der Waals surface area contributed by atoms with E-state index < -0.39 is 5.97 Å². The molecule has 0 bridgehead atoms. The van der Waals surface area contributed by atoms with Gasteiger partial charge in [0.2, 0.25) is 0 Å². The second-order valence-electron chi connectivity index (χ2n) is 1.46. The SMILES string of the molecule is CCOC(=O)C(Br)=CCO. The van der Waals surface area contributed by atoms with Gasteiger partial charge in [-0.15, -0.1) is 0 Å².